The van der Waals surface area contributed by atoms with Gasteiger partial charge >= 0.3 is 6.03 Å². The zero-order valence-electron chi connectivity index (χ0n) is 30.9. The van der Waals surface area contributed by atoms with Gasteiger partial charge in [0, 0.05) is 65.2 Å². The molecule has 0 radical (unpaired) electrons. The van der Waals surface area contributed by atoms with Crippen molar-refractivity contribution in [2.24, 2.45) is 0 Å². The van der Waals surface area contributed by atoms with Gasteiger partial charge in [-0.2, -0.15) is 10.2 Å². The molecule has 0 atom stereocenters. The van der Waals surface area contributed by atoms with Gasteiger partial charge in [-0.3, -0.25) is 15.3 Å². The molecule has 55 heavy (non-hydrogen) atoms. The van der Waals surface area contributed by atoms with Crippen molar-refractivity contribution in [2.45, 2.75) is 26.2 Å². The van der Waals surface area contributed by atoms with E-state index in [1.54, 1.807) is 10.7 Å². The lowest BCUT2D eigenvalue weighted by molar-refractivity contribution is 0.0322. The van der Waals surface area contributed by atoms with Crippen LogP contribution >= 0.6 is 0 Å². The lowest BCUT2D eigenvalue weighted by Crippen LogP contribution is -2.38. The average Bonchev–Trinajstić information content (AvgIpc) is 3.84. The highest BCUT2D eigenvalue weighted by Crippen LogP contribution is 2.35. The molecule has 2 amide bonds. The van der Waals surface area contributed by atoms with E-state index in [-0.39, 0.29) is 5.41 Å². The summed E-state index contributed by atoms with van der Waals surface area (Å²) in [7, 11) is 0. The van der Waals surface area contributed by atoms with Gasteiger partial charge in [0.05, 0.1) is 35.8 Å². The number of ether oxygens (including phenoxy) is 3. The highest BCUT2D eigenvalue weighted by atomic mass is 16.5. The van der Waals surface area contributed by atoms with Crippen LogP contribution in [0.1, 0.15) is 26.5 Å². The molecule has 0 saturated carbocycles. The van der Waals surface area contributed by atoms with E-state index in [0.717, 1.165) is 77.3 Å². The Morgan fingerprint density at radius 1 is 0.909 bits per heavy atom. The van der Waals surface area contributed by atoms with Crippen molar-refractivity contribution in [3.63, 3.8) is 0 Å². The molecule has 14 nitrogen and oxygen atoms in total. The second-order valence-corrected chi connectivity index (χ2v) is 14.2. The Balaban J connectivity index is 0.963. The molecule has 4 aromatic carbocycles. The summed E-state index contributed by atoms with van der Waals surface area (Å²) in [5.74, 6) is 2.82. The Morgan fingerprint density at radius 2 is 1.73 bits per heavy atom. The molecule has 1 aliphatic rings. The van der Waals surface area contributed by atoms with Gasteiger partial charge in [-0.1, -0.05) is 45.0 Å². The number of H-pyrrole nitrogens is 1. The van der Waals surface area contributed by atoms with Gasteiger partial charge in [0.1, 0.15) is 36.1 Å². The average molecular weight is 739 g/mol. The van der Waals surface area contributed by atoms with Crippen molar-refractivity contribution in [2.75, 3.05) is 55.4 Å². The van der Waals surface area contributed by atoms with Crippen molar-refractivity contribution in [1.82, 2.24) is 34.8 Å². The number of morpholine rings is 1. The molecule has 3 aromatic heterocycles. The van der Waals surface area contributed by atoms with E-state index in [0.29, 0.717) is 35.6 Å². The van der Waals surface area contributed by atoms with Crippen LogP contribution in [-0.2, 0) is 10.2 Å². The summed E-state index contributed by atoms with van der Waals surface area (Å²) in [6.45, 7) is 11.1. The van der Waals surface area contributed by atoms with Gasteiger partial charge in [0.2, 0.25) is 5.88 Å². The third-order valence-electron chi connectivity index (χ3n) is 9.27. The Kier molecular flexibility index (Phi) is 9.98. The Bertz CT molecular complexity index is 2430. The molecule has 0 aliphatic carbocycles. The van der Waals surface area contributed by atoms with Crippen molar-refractivity contribution >= 4 is 50.7 Å². The summed E-state index contributed by atoms with van der Waals surface area (Å²) in [6, 6.07) is 28.1. The van der Waals surface area contributed by atoms with Crippen LogP contribution in [0.2, 0.25) is 0 Å². The van der Waals surface area contributed by atoms with Crippen molar-refractivity contribution in [3.8, 4) is 23.1 Å². The Morgan fingerprint density at radius 3 is 2.55 bits per heavy atom. The SMILES string of the molecule is CC(C)(C)c1cc(NC(=O)Nc2ccc(Oc3cc(Nc4ccc5n[nH]cc5c4)ncn3)c3ccccc23)n(-c2ccc(OCCN3CCOCC3)cc2)n1. The maximum Gasteiger partial charge on any atom is 0.324 e. The Labute approximate surface area is 317 Å². The number of urea groups is 1. The maximum atomic E-state index is 13.6. The number of hydrogen-bond acceptors (Lipinski definition) is 10. The lowest BCUT2D eigenvalue weighted by atomic mass is 9.92. The molecular formula is C41H42N10O4. The monoisotopic (exact) mass is 738 g/mol. The van der Waals surface area contributed by atoms with E-state index in [4.69, 9.17) is 19.3 Å². The summed E-state index contributed by atoms with van der Waals surface area (Å²) < 4.78 is 19.5. The van der Waals surface area contributed by atoms with E-state index in [9.17, 15) is 4.79 Å². The number of hydrogen-bond donors (Lipinski definition) is 4. The minimum atomic E-state index is -0.413. The van der Waals surface area contributed by atoms with E-state index in [1.165, 1.54) is 6.33 Å². The number of fused-ring (bicyclic) bond motifs is 2. The molecule has 280 valence electrons. The fourth-order valence-electron chi connectivity index (χ4n) is 6.32. The third-order valence-corrected chi connectivity index (χ3v) is 9.27. The molecule has 4 N–H and O–H groups in total. The van der Waals surface area contributed by atoms with Crippen LogP contribution in [0.25, 0.3) is 27.4 Å². The number of benzene rings is 4. The molecule has 1 aliphatic heterocycles. The van der Waals surface area contributed by atoms with Gasteiger partial charge in [0.15, 0.2) is 0 Å². The first kappa shape index (κ1) is 35.5. The van der Waals surface area contributed by atoms with Crippen LogP contribution < -0.4 is 25.4 Å². The zero-order chi connectivity index (χ0) is 37.8. The van der Waals surface area contributed by atoms with Crippen LogP contribution in [0.15, 0.2) is 104 Å². The van der Waals surface area contributed by atoms with Crippen LogP contribution in [0, 0.1) is 0 Å². The molecule has 4 heterocycles. The summed E-state index contributed by atoms with van der Waals surface area (Å²) in [4.78, 5) is 24.7. The summed E-state index contributed by atoms with van der Waals surface area (Å²) in [5, 5.41) is 23.9. The number of amides is 2. The number of anilines is 4. The molecule has 1 fully saturated rings. The molecule has 7 aromatic rings. The van der Waals surface area contributed by atoms with Gasteiger partial charge in [-0.05, 0) is 54.6 Å². The Hall–Kier alpha value is -6.51. The standard InChI is InChI=1S/C41H42N10O4/c1-41(2,3)36-23-38(51(49-36)29-9-11-30(12-10-29)54-21-18-50-16-19-53-20-17-50)47-40(52)46-34-14-15-35(32-7-5-4-6-31(32)34)55-39-24-37(42-26-43-39)45-28-8-13-33-27(22-28)25-44-48-33/h4-15,22-26H,16-21H2,1-3H3,(H,44,48)(H,42,43,45)(H2,46,47,52). The summed E-state index contributed by atoms with van der Waals surface area (Å²) in [6.07, 6.45) is 3.29. The number of carbonyl (C=O) groups excluding carboxylic acids is 1. The van der Waals surface area contributed by atoms with Crippen LogP contribution in [0.4, 0.5) is 27.8 Å². The minimum Gasteiger partial charge on any atom is -0.492 e. The molecule has 8 rings (SSSR count). The smallest absolute Gasteiger partial charge is 0.324 e. The zero-order valence-corrected chi connectivity index (χ0v) is 30.9. The van der Waals surface area contributed by atoms with E-state index in [1.807, 2.05) is 91.1 Å². The van der Waals surface area contributed by atoms with Gasteiger partial charge < -0.3 is 24.8 Å². The number of rotatable bonds is 11. The van der Waals surface area contributed by atoms with Gasteiger partial charge in [-0.25, -0.2) is 19.4 Å². The first-order valence-corrected chi connectivity index (χ1v) is 18.2. The first-order chi connectivity index (χ1) is 26.7. The van der Waals surface area contributed by atoms with Crippen LogP contribution in [0.5, 0.6) is 17.4 Å². The summed E-state index contributed by atoms with van der Waals surface area (Å²) >= 11 is 0. The molecule has 0 unspecified atom stereocenters. The topological polar surface area (TPSA) is 156 Å². The largest absolute Gasteiger partial charge is 0.492 e. The number of aromatic nitrogens is 6. The molecule has 14 heteroatoms. The van der Waals surface area contributed by atoms with Gasteiger partial charge in [-0.15, -0.1) is 0 Å². The van der Waals surface area contributed by atoms with Crippen LogP contribution in [-0.4, -0.2) is 80.3 Å². The fraction of sp³-hybridized carbons (Fsp3) is 0.244. The number of carbonyl (C=O) groups is 1. The van der Waals surface area contributed by atoms with Crippen molar-refractivity contribution in [1.29, 1.82) is 0 Å². The van der Waals surface area contributed by atoms with E-state index >= 15 is 0 Å². The number of nitrogens with one attached hydrogen (secondary N) is 4. The lowest BCUT2D eigenvalue weighted by Gasteiger charge is -2.26. The fourth-order valence-corrected chi connectivity index (χ4v) is 6.32. The molecular weight excluding hydrogens is 697 g/mol. The highest BCUT2D eigenvalue weighted by molar-refractivity contribution is 6.07. The van der Waals surface area contributed by atoms with Crippen molar-refractivity contribution < 1.29 is 19.0 Å². The maximum absolute atomic E-state index is 13.6. The normalized spacial score (nSPS) is 13.5. The van der Waals surface area contributed by atoms with E-state index < -0.39 is 6.03 Å². The predicted molar refractivity (Wildman–Crippen MR) is 213 cm³/mol. The first-order valence-electron chi connectivity index (χ1n) is 18.2. The minimum absolute atomic E-state index is 0.248. The predicted octanol–water partition coefficient (Wildman–Crippen LogP) is 7.88. The molecule has 0 bridgehead atoms. The molecule has 1 saturated heterocycles. The highest BCUT2D eigenvalue weighted by Gasteiger charge is 2.22. The van der Waals surface area contributed by atoms with E-state index in [2.05, 4.69) is 61.8 Å². The second kappa shape index (κ2) is 15.5. The number of aromatic amines is 1. The van der Waals surface area contributed by atoms with Crippen molar-refractivity contribution in [3.05, 3.63) is 109 Å². The quantitative estimate of drug-likeness (QED) is 0.103. The number of nitrogens with zero attached hydrogens (tertiary/aromatic N) is 6. The van der Waals surface area contributed by atoms with Crippen LogP contribution in [0.3, 0.4) is 0 Å². The van der Waals surface area contributed by atoms with Gasteiger partial charge in [0.25, 0.3) is 0 Å². The summed E-state index contributed by atoms with van der Waals surface area (Å²) in [5.41, 5.74) is 3.73. The second-order valence-electron chi connectivity index (χ2n) is 14.2. The third kappa shape index (κ3) is 8.35. The molecule has 0 spiro atoms.